The summed E-state index contributed by atoms with van der Waals surface area (Å²) in [5, 5.41) is 8.98. The van der Waals surface area contributed by atoms with Crippen molar-refractivity contribution in [3.63, 3.8) is 0 Å². The van der Waals surface area contributed by atoms with Crippen molar-refractivity contribution in [2.24, 2.45) is 5.92 Å². The third kappa shape index (κ3) is 2.55. The Hall–Kier alpha value is -0.610. The van der Waals surface area contributed by atoms with Gasteiger partial charge in [0.1, 0.15) is 0 Å². The molecule has 3 atom stereocenters. The van der Waals surface area contributed by atoms with E-state index in [0.29, 0.717) is 12.1 Å². The normalized spacial score (nSPS) is 36.4. The van der Waals surface area contributed by atoms with Crippen molar-refractivity contribution in [3.05, 3.63) is 0 Å². The largest absolute Gasteiger partial charge is 0.481 e. The molecular formula is C12H21NO3. The molecule has 0 saturated carbocycles. The van der Waals surface area contributed by atoms with Crippen molar-refractivity contribution in [1.82, 2.24) is 4.90 Å². The number of carbonyl (C=O) groups is 1. The van der Waals surface area contributed by atoms with Gasteiger partial charge in [-0.25, -0.2) is 0 Å². The van der Waals surface area contributed by atoms with Gasteiger partial charge in [-0.2, -0.15) is 0 Å². The van der Waals surface area contributed by atoms with Gasteiger partial charge in [0.25, 0.3) is 0 Å². The van der Waals surface area contributed by atoms with Crippen molar-refractivity contribution in [1.29, 1.82) is 0 Å². The molecule has 92 valence electrons. The number of hydrogen-bond donors (Lipinski definition) is 1. The maximum atomic E-state index is 10.9. The highest BCUT2D eigenvalue weighted by Gasteiger charge is 2.34. The summed E-state index contributed by atoms with van der Waals surface area (Å²) in [4.78, 5) is 13.3. The van der Waals surface area contributed by atoms with E-state index in [2.05, 4.69) is 11.8 Å². The van der Waals surface area contributed by atoms with Crippen LogP contribution in [0, 0.1) is 5.92 Å². The zero-order chi connectivity index (χ0) is 11.5. The molecule has 0 aromatic heterocycles. The molecule has 0 spiro atoms. The molecule has 0 radical (unpaired) electrons. The Morgan fingerprint density at radius 3 is 2.94 bits per heavy atom. The minimum Gasteiger partial charge on any atom is -0.481 e. The monoisotopic (exact) mass is 227 g/mol. The van der Waals surface area contributed by atoms with E-state index >= 15 is 0 Å². The van der Waals surface area contributed by atoms with E-state index in [9.17, 15) is 4.79 Å². The highest BCUT2D eigenvalue weighted by Crippen LogP contribution is 2.26. The van der Waals surface area contributed by atoms with Crippen LogP contribution in [0.4, 0.5) is 0 Å². The molecule has 16 heavy (non-hydrogen) atoms. The fourth-order valence-corrected chi connectivity index (χ4v) is 2.80. The van der Waals surface area contributed by atoms with Crippen LogP contribution in [-0.2, 0) is 9.53 Å². The van der Waals surface area contributed by atoms with Gasteiger partial charge < -0.3 is 9.84 Å². The highest BCUT2D eigenvalue weighted by atomic mass is 16.5. The third-order valence-electron chi connectivity index (χ3n) is 3.88. The van der Waals surface area contributed by atoms with E-state index < -0.39 is 5.97 Å². The molecule has 3 unspecified atom stereocenters. The van der Waals surface area contributed by atoms with Crippen molar-refractivity contribution in [2.45, 2.75) is 44.8 Å². The summed E-state index contributed by atoms with van der Waals surface area (Å²) >= 11 is 0. The summed E-state index contributed by atoms with van der Waals surface area (Å²) in [6.07, 6.45) is 4.38. The fraction of sp³-hybridized carbons (Fsp3) is 0.917. The molecule has 2 fully saturated rings. The van der Waals surface area contributed by atoms with E-state index in [4.69, 9.17) is 9.84 Å². The zero-order valence-electron chi connectivity index (χ0n) is 9.89. The number of ether oxygens (including phenoxy) is 1. The lowest BCUT2D eigenvalue weighted by Gasteiger charge is -2.35. The third-order valence-corrected chi connectivity index (χ3v) is 3.88. The lowest BCUT2D eigenvalue weighted by atomic mass is 10.0. The Balaban J connectivity index is 1.86. The van der Waals surface area contributed by atoms with Crippen LogP contribution < -0.4 is 0 Å². The molecule has 2 heterocycles. The van der Waals surface area contributed by atoms with Gasteiger partial charge in [0.2, 0.25) is 0 Å². The van der Waals surface area contributed by atoms with Crippen LogP contribution in [0.3, 0.4) is 0 Å². The molecule has 4 nitrogen and oxygen atoms in total. The number of hydrogen-bond acceptors (Lipinski definition) is 3. The average molecular weight is 227 g/mol. The lowest BCUT2D eigenvalue weighted by Crippen LogP contribution is -2.41. The van der Waals surface area contributed by atoms with E-state index in [1.54, 1.807) is 0 Å². The second kappa shape index (κ2) is 5.15. The zero-order valence-corrected chi connectivity index (χ0v) is 9.89. The number of aliphatic carboxylic acids is 1. The number of nitrogens with zero attached hydrogens (tertiary/aromatic N) is 1. The molecular weight excluding hydrogens is 206 g/mol. The standard InChI is InChI=1S/C12H21NO3/c1-2-11-7-10(4-6-16-11)13-5-3-9(8-13)12(14)15/h9-11H,2-8H2,1H3,(H,14,15). The first-order valence-electron chi connectivity index (χ1n) is 6.29. The molecule has 0 aromatic rings. The van der Waals surface area contributed by atoms with Crippen molar-refractivity contribution in [3.8, 4) is 0 Å². The van der Waals surface area contributed by atoms with Crippen LogP contribution in [0.15, 0.2) is 0 Å². The first-order valence-corrected chi connectivity index (χ1v) is 6.29. The molecule has 0 aliphatic carbocycles. The Kier molecular flexibility index (Phi) is 3.82. The van der Waals surface area contributed by atoms with Crippen molar-refractivity contribution < 1.29 is 14.6 Å². The maximum absolute atomic E-state index is 10.9. The molecule has 0 aromatic carbocycles. The Labute approximate surface area is 96.6 Å². The molecule has 2 rings (SSSR count). The molecule has 0 bridgehead atoms. The van der Waals surface area contributed by atoms with Crippen LogP contribution in [0.5, 0.6) is 0 Å². The number of likely N-dealkylation sites (tertiary alicyclic amines) is 1. The molecule has 1 N–H and O–H groups in total. The molecule has 2 saturated heterocycles. The minimum atomic E-state index is -0.637. The maximum Gasteiger partial charge on any atom is 0.307 e. The van der Waals surface area contributed by atoms with Crippen LogP contribution in [0.25, 0.3) is 0 Å². The predicted octanol–water partition coefficient (Wildman–Crippen LogP) is 1.35. The Morgan fingerprint density at radius 1 is 1.50 bits per heavy atom. The van der Waals surface area contributed by atoms with Gasteiger partial charge in [-0.1, -0.05) is 6.92 Å². The Morgan fingerprint density at radius 2 is 2.31 bits per heavy atom. The summed E-state index contributed by atoms with van der Waals surface area (Å²) in [5.41, 5.74) is 0. The van der Waals surface area contributed by atoms with E-state index in [0.717, 1.165) is 45.4 Å². The lowest BCUT2D eigenvalue weighted by molar-refractivity contribution is -0.141. The van der Waals surface area contributed by atoms with E-state index in [1.165, 1.54) is 0 Å². The van der Waals surface area contributed by atoms with E-state index in [-0.39, 0.29) is 5.92 Å². The van der Waals surface area contributed by atoms with Crippen LogP contribution in [0.1, 0.15) is 32.6 Å². The quantitative estimate of drug-likeness (QED) is 0.790. The molecule has 2 aliphatic heterocycles. The number of carboxylic acid groups (broad SMARTS) is 1. The number of carboxylic acids is 1. The van der Waals surface area contributed by atoms with Gasteiger partial charge in [-0.3, -0.25) is 9.69 Å². The van der Waals surface area contributed by atoms with Crippen molar-refractivity contribution in [2.75, 3.05) is 19.7 Å². The van der Waals surface area contributed by atoms with Gasteiger partial charge in [-0.05, 0) is 32.2 Å². The topological polar surface area (TPSA) is 49.8 Å². The van der Waals surface area contributed by atoms with Gasteiger partial charge in [0.15, 0.2) is 0 Å². The first-order chi connectivity index (χ1) is 7.70. The number of rotatable bonds is 3. The fourth-order valence-electron chi connectivity index (χ4n) is 2.80. The summed E-state index contributed by atoms with van der Waals surface area (Å²) < 4.78 is 5.65. The second-order valence-electron chi connectivity index (χ2n) is 4.90. The van der Waals surface area contributed by atoms with Gasteiger partial charge in [0.05, 0.1) is 12.0 Å². The predicted molar refractivity (Wildman–Crippen MR) is 60.4 cm³/mol. The molecule has 2 aliphatic rings. The molecule has 0 amide bonds. The summed E-state index contributed by atoms with van der Waals surface area (Å²) in [7, 11) is 0. The van der Waals surface area contributed by atoms with E-state index in [1.807, 2.05) is 0 Å². The first kappa shape index (κ1) is 11.9. The van der Waals surface area contributed by atoms with Crippen molar-refractivity contribution >= 4 is 5.97 Å². The van der Waals surface area contributed by atoms with Gasteiger partial charge in [0, 0.05) is 19.2 Å². The SMILES string of the molecule is CCC1CC(N2CCC(C(=O)O)C2)CCO1. The van der Waals surface area contributed by atoms with Crippen LogP contribution in [0.2, 0.25) is 0 Å². The molecule has 4 heteroatoms. The highest BCUT2D eigenvalue weighted by molar-refractivity contribution is 5.70. The Bertz CT molecular complexity index is 257. The summed E-state index contributed by atoms with van der Waals surface area (Å²) in [6, 6.07) is 0.544. The van der Waals surface area contributed by atoms with Crippen LogP contribution in [-0.4, -0.2) is 47.8 Å². The van der Waals surface area contributed by atoms with Gasteiger partial charge >= 0.3 is 5.97 Å². The second-order valence-corrected chi connectivity index (χ2v) is 4.90. The summed E-state index contributed by atoms with van der Waals surface area (Å²) in [5.74, 6) is -0.787. The summed E-state index contributed by atoms with van der Waals surface area (Å²) in [6.45, 7) is 4.66. The minimum absolute atomic E-state index is 0.150. The van der Waals surface area contributed by atoms with Crippen LogP contribution >= 0.6 is 0 Å². The smallest absolute Gasteiger partial charge is 0.307 e. The average Bonchev–Trinajstić information content (AvgIpc) is 2.78. The van der Waals surface area contributed by atoms with Gasteiger partial charge in [-0.15, -0.1) is 0 Å².